The minimum absolute atomic E-state index is 0.0216. The molecule has 0 aliphatic carbocycles. The second-order valence-electron chi connectivity index (χ2n) is 7.12. The molecule has 1 heterocycles. The number of hydrogen-bond acceptors (Lipinski definition) is 5. The van der Waals surface area contributed by atoms with Gasteiger partial charge in [0.25, 0.3) is 0 Å². The number of ether oxygens (including phenoxy) is 2. The third-order valence-corrected chi connectivity index (χ3v) is 5.11. The minimum Gasteiger partial charge on any atom is -0.437 e. The molecule has 148 valence electrons. The van der Waals surface area contributed by atoms with E-state index < -0.39 is 12.2 Å². The summed E-state index contributed by atoms with van der Waals surface area (Å²) in [5.74, 6) is 0.419. The predicted molar refractivity (Wildman–Crippen MR) is 108 cm³/mol. The van der Waals surface area contributed by atoms with Crippen molar-refractivity contribution in [1.29, 1.82) is 0 Å². The molecule has 0 fully saturated rings. The molecule has 0 radical (unpaired) electrons. The first-order chi connectivity index (χ1) is 13.4. The zero-order chi connectivity index (χ0) is 20.3. The van der Waals surface area contributed by atoms with Crippen molar-refractivity contribution in [2.75, 3.05) is 18.6 Å². The highest BCUT2D eigenvalue weighted by molar-refractivity contribution is 5.95. The first-order valence-corrected chi connectivity index (χ1v) is 9.41. The van der Waals surface area contributed by atoms with E-state index in [0.29, 0.717) is 12.3 Å². The Morgan fingerprint density at radius 1 is 1.18 bits per heavy atom. The van der Waals surface area contributed by atoms with Crippen LogP contribution in [-0.2, 0) is 16.0 Å². The van der Waals surface area contributed by atoms with Crippen molar-refractivity contribution >= 4 is 17.7 Å². The normalized spacial score (nSPS) is 14.2. The third-order valence-electron chi connectivity index (χ3n) is 5.11. The summed E-state index contributed by atoms with van der Waals surface area (Å²) in [5.41, 5.74) is 11.3. The number of para-hydroxylation sites is 1. The molecule has 28 heavy (non-hydrogen) atoms. The highest BCUT2D eigenvalue weighted by atomic mass is 16.7. The molecule has 0 aromatic heterocycles. The van der Waals surface area contributed by atoms with Crippen LogP contribution in [0.4, 0.5) is 10.5 Å². The maximum atomic E-state index is 13.0. The summed E-state index contributed by atoms with van der Waals surface area (Å²) in [6.07, 6.45) is 1.39. The average Bonchev–Trinajstić information content (AvgIpc) is 2.66. The van der Waals surface area contributed by atoms with Crippen molar-refractivity contribution in [3.8, 4) is 5.75 Å². The quantitative estimate of drug-likeness (QED) is 0.642. The first kappa shape index (κ1) is 19.9. The van der Waals surface area contributed by atoms with Crippen LogP contribution in [0.15, 0.2) is 36.4 Å². The number of fused-ring (bicyclic) bond motifs is 1. The van der Waals surface area contributed by atoms with Crippen molar-refractivity contribution < 1.29 is 19.1 Å². The standard InChI is InChI=1S/C22H26N2O4/c1-14-11-17(28-22(26)27-3)12-15(2)21(14)18(23)13-20(25)24-10-6-8-16-7-4-5-9-19(16)24/h4-5,7,9,11-12,18H,6,8,10,13,23H2,1-3H3. The molecule has 2 aromatic rings. The number of carbonyl (C=O) groups excluding carboxylic acids is 2. The molecule has 1 aliphatic heterocycles. The highest BCUT2D eigenvalue weighted by Gasteiger charge is 2.25. The van der Waals surface area contributed by atoms with Gasteiger partial charge in [-0.2, -0.15) is 0 Å². The number of benzene rings is 2. The minimum atomic E-state index is -0.769. The highest BCUT2D eigenvalue weighted by Crippen LogP contribution is 2.31. The Kier molecular flexibility index (Phi) is 5.99. The third kappa shape index (κ3) is 4.17. The lowest BCUT2D eigenvalue weighted by Crippen LogP contribution is -2.37. The van der Waals surface area contributed by atoms with Crippen molar-refractivity contribution in [3.63, 3.8) is 0 Å². The van der Waals surface area contributed by atoms with Gasteiger partial charge in [-0.1, -0.05) is 18.2 Å². The second-order valence-corrected chi connectivity index (χ2v) is 7.12. The van der Waals surface area contributed by atoms with Crippen LogP contribution in [0.2, 0.25) is 0 Å². The number of anilines is 1. The fourth-order valence-electron chi connectivity index (χ4n) is 3.91. The van der Waals surface area contributed by atoms with Crippen LogP contribution in [-0.4, -0.2) is 25.7 Å². The van der Waals surface area contributed by atoms with Crippen LogP contribution in [0.5, 0.6) is 5.75 Å². The largest absolute Gasteiger partial charge is 0.513 e. The topological polar surface area (TPSA) is 81.9 Å². The van der Waals surface area contributed by atoms with Crippen LogP contribution < -0.4 is 15.4 Å². The lowest BCUT2D eigenvalue weighted by molar-refractivity contribution is -0.119. The summed E-state index contributed by atoms with van der Waals surface area (Å²) in [4.78, 5) is 26.1. The van der Waals surface area contributed by atoms with Gasteiger partial charge in [-0.15, -0.1) is 0 Å². The Morgan fingerprint density at radius 3 is 2.54 bits per heavy atom. The van der Waals surface area contributed by atoms with Gasteiger partial charge >= 0.3 is 6.16 Å². The van der Waals surface area contributed by atoms with Gasteiger partial charge in [-0.25, -0.2) is 4.79 Å². The van der Waals surface area contributed by atoms with Crippen LogP contribution in [0.25, 0.3) is 0 Å². The number of rotatable bonds is 4. The lowest BCUT2D eigenvalue weighted by Gasteiger charge is -2.30. The molecule has 0 spiro atoms. The molecular formula is C22H26N2O4. The summed E-state index contributed by atoms with van der Waals surface area (Å²) in [7, 11) is 1.26. The molecule has 1 atom stereocenters. The number of methoxy groups -OCH3 is 1. The number of amides is 1. The van der Waals surface area contributed by atoms with Crippen LogP contribution in [0, 0.1) is 13.8 Å². The van der Waals surface area contributed by atoms with E-state index in [0.717, 1.165) is 35.2 Å². The molecule has 2 N–H and O–H groups in total. The Morgan fingerprint density at radius 2 is 1.86 bits per heavy atom. The summed E-state index contributed by atoms with van der Waals surface area (Å²) < 4.78 is 9.62. The van der Waals surface area contributed by atoms with Gasteiger partial charge < -0.3 is 20.1 Å². The average molecular weight is 382 g/mol. The van der Waals surface area contributed by atoms with Crippen LogP contribution in [0.1, 0.15) is 41.1 Å². The summed E-state index contributed by atoms with van der Waals surface area (Å²) in [5, 5.41) is 0. The number of carbonyl (C=O) groups is 2. The van der Waals surface area contributed by atoms with Crippen LogP contribution >= 0.6 is 0 Å². The maximum Gasteiger partial charge on any atom is 0.513 e. The van der Waals surface area contributed by atoms with Gasteiger partial charge in [0.1, 0.15) is 5.75 Å². The van der Waals surface area contributed by atoms with Gasteiger partial charge in [0.05, 0.1) is 7.11 Å². The van der Waals surface area contributed by atoms with E-state index in [1.807, 2.05) is 36.9 Å². The smallest absolute Gasteiger partial charge is 0.437 e. The zero-order valence-corrected chi connectivity index (χ0v) is 16.5. The van der Waals surface area contributed by atoms with Gasteiger partial charge in [-0.3, -0.25) is 4.79 Å². The summed E-state index contributed by atoms with van der Waals surface area (Å²) in [6, 6.07) is 11.1. The van der Waals surface area contributed by atoms with Gasteiger partial charge in [0.2, 0.25) is 5.91 Å². The molecular weight excluding hydrogens is 356 g/mol. The van der Waals surface area contributed by atoms with Gasteiger partial charge in [0.15, 0.2) is 0 Å². The first-order valence-electron chi connectivity index (χ1n) is 9.41. The van der Waals surface area contributed by atoms with Crippen molar-refractivity contribution in [3.05, 3.63) is 58.7 Å². The number of hydrogen-bond donors (Lipinski definition) is 1. The van der Waals surface area contributed by atoms with Crippen LogP contribution in [0.3, 0.4) is 0 Å². The summed E-state index contributed by atoms with van der Waals surface area (Å²) in [6.45, 7) is 4.51. The zero-order valence-electron chi connectivity index (χ0n) is 16.5. The molecule has 6 heteroatoms. The molecule has 3 rings (SSSR count). The van der Waals surface area contributed by atoms with E-state index in [1.54, 1.807) is 12.1 Å². The van der Waals surface area contributed by atoms with Gasteiger partial charge in [0, 0.05) is 24.7 Å². The monoisotopic (exact) mass is 382 g/mol. The molecule has 2 aromatic carbocycles. The van der Waals surface area contributed by atoms with E-state index in [-0.39, 0.29) is 12.3 Å². The lowest BCUT2D eigenvalue weighted by atomic mass is 9.93. The van der Waals surface area contributed by atoms with E-state index in [1.165, 1.54) is 12.7 Å². The number of aryl methyl sites for hydroxylation is 3. The molecule has 1 aliphatic rings. The van der Waals surface area contributed by atoms with E-state index in [9.17, 15) is 9.59 Å². The SMILES string of the molecule is COC(=O)Oc1cc(C)c(C(N)CC(=O)N2CCCc3ccccc32)c(C)c1. The predicted octanol–water partition coefficient (Wildman–Crippen LogP) is 3.82. The Balaban J connectivity index is 1.77. The van der Waals surface area contributed by atoms with Crippen molar-refractivity contribution in [2.24, 2.45) is 5.73 Å². The molecule has 1 amide bonds. The Labute approximate surface area is 165 Å². The van der Waals surface area contributed by atoms with E-state index in [4.69, 9.17) is 10.5 Å². The second kappa shape index (κ2) is 8.44. The Bertz CT molecular complexity index is 871. The fourth-order valence-corrected chi connectivity index (χ4v) is 3.91. The van der Waals surface area contributed by atoms with Crippen molar-refractivity contribution in [1.82, 2.24) is 0 Å². The molecule has 0 saturated carbocycles. The summed E-state index contributed by atoms with van der Waals surface area (Å²) >= 11 is 0. The van der Waals surface area contributed by atoms with E-state index in [2.05, 4.69) is 10.8 Å². The van der Waals surface area contributed by atoms with Gasteiger partial charge in [-0.05, 0) is 67.1 Å². The molecule has 1 unspecified atom stereocenters. The molecule has 0 bridgehead atoms. The molecule has 6 nitrogen and oxygen atoms in total. The Hall–Kier alpha value is -2.86. The fraction of sp³-hybridized carbons (Fsp3) is 0.364. The molecule has 0 saturated heterocycles. The van der Waals surface area contributed by atoms with E-state index >= 15 is 0 Å². The number of nitrogens with two attached hydrogens (primary N) is 1. The number of nitrogens with zero attached hydrogens (tertiary/aromatic N) is 1. The van der Waals surface area contributed by atoms with Crippen molar-refractivity contribution in [2.45, 2.75) is 39.2 Å². The maximum absolute atomic E-state index is 13.0.